The van der Waals surface area contributed by atoms with E-state index in [4.69, 9.17) is 10.5 Å². The molecule has 0 bridgehead atoms. The van der Waals surface area contributed by atoms with Crippen molar-refractivity contribution in [2.45, 2.75) is 69.7 Å². The predicted molar refractivity (Wildman–Crippen MR) is 86.2 cm³/mol. The highest BCUT2D eigenvalue weighted by Gasteiger charge is 2.46. The molecular weight excluding hydrogens is 260 g/mol. The third-order valence-electron chi connectivity index (χ3n) is 4.63. The third kappa shape index (κ3) is 4.06. The molecule has 0 saturated heterocycles. The molecule has 3 aliphatic carbocycles. The fraction of sp³-hybridized carbons (Fsp3) is 0.667. The van der Waals surface area contributed by atoms with Gasteiger partial charge in [0.05, 0.1) is 5.60 Å². The van der Waals surface area contributed by atoms with Gasteiger partial charge < -0.3 is 15.8 Å². The van der Waals surface area contributed by atoms with Crippen molar-refractivity contribution in [3.63, 3.8) is 0 Å². The average Bonchev–Trinajstić information content (AvgIpc) is 3.34. The van der Waals surface area contributed by atoms with Gasteiger partial charge in [0, 0.05) is 25.7 Å². The van der Waals surface area contributed by atoms with Crippen LogP contribution in [0.4, 0.5) is 0 Å². The molecule has 1 aromatic carbocycles. The minimum absolute atomic E-state index is 0.0360. The van der Waals surface area contributed by atoms with Crippen LogP contribution in [0.3, 0.4) is 0 Å². The summed E-state index contributed by atoms with van der Waals surface area (Å²) in [7, 11) is 1.84. The van der Waals surface area contributed by atoms with Crippen LogP contribution >= 0.6 is 0 Å². The highest BCUT2D eigenvalue weighted by Crippen LogP contribution is 2.50. The fourth-order valence-corrected chi connectivity index (χ4v) is 2.65. The highest BCUT2D eigenvalue weighted by molar-refractivity contribution is 5.39. The largest absolute Gasteiger partial charge is 0.374 e. The van der Waals surface area contributed by atoms with E-state index in [-0.39, 0.29) is 5.60 Å². The number of hydrogen-bond acceptors (Lipinski definition) is 3. The van der Waals surface area contributed by atoms with Crippen molar-refractivity contribution in [2.75, 3.05) is 7.11 Å². The predicted octanol–water partition coefficient (Wildman–Crippen LogP) is 2.99. The standard InChI is InChI=1S/C15H21NO.C3H7N/c1-11-3-6-14(15(17-2)7-8-15)12(9-11)10-16-13-4-5-13;4-3-1-2-3/h3,6,9,13,16H,4-5,7-8,10H2,1-2H3;3H,1-2,4H2. The van der Waals surface area contributed by atoms with Crippen molar-refractivity contribution >= 4 is 0 Å². The first-order valence-corrected chi connectivity index (χ1v) is 8.27. The summed E-state index contributed by atoms with van der Waals surface area (Å²) in [5.74, 6) is 0. The fourth-order valence-electron chi connectivity index (χ4n) is 2.65. The first-order chi connectivity index (χ1) is 10.1. The summed E-state index contributed by atoms with van der Waals surface area (Å²) in [6.07, 6.45) is 7.55. The Bertz CT molecular complexity index is 488. The molecule has 3 heteroatoms. The Morgan fingerprint density at radius 1 is 1.24 bits per heavy atom. The Morgan fingerprint density at radius 2 is 1.90 bits per heavy atom. The van der Waals surface area contributed by atoms with Crippen LogP contribution in [0.1, 0.15) is 55.2 Å². The van der Waals surface area contributed by atoms with Crippen molar-refractivity contribution in [1.29, 1.82) is 0 Å². The zero-order chi connectivity index (χ0) is 14.9. The molecule has 0 aliphatic heterocycles. The smallest absolute Gasteiger partial charge is 0.0933 e. The molecule has 0 aromatic heterocycles. The highest BCUT2D eigenvalue weighted by atomic mass is 16.5. The van der Waals surface area contributed by atoms with Crippen LogP contribution < -0.4 is 11.1 Å². The summed E-state index contributed by atoms with van der Waals surface area (Å²) in [6.45, 7) is 3.16. The number of rotatable bonds is 5. The molecule has 4 rings (SSSR count). The maximum Gasteiger partial charge on any atom is 0.0933 e. The molecular formula is C18H28N2O. The van der Waals surface area contributed by atoms with Crippen LogP contribution in [0.25, 0.3) is 0 Å². The molecule has 21 heavy (non-hydrogen) atoms. The lowest BCUT2D eigenvalue weighted by atomic mass is 9.98. The SMILES string of the molecule is COC1(c2ccc(C)cc2CNC2CC2)CC1.NC1CC1. The first-order valence-electron chi connectivity index (χ1n) is 8.27. The van der Waals surface area contributed by atoms with Gasteiger partial charge in [0.15, 0.2) is 0 Å². The molecule has 0 spiro atoms. The number of nitrogens with two attached hydrogens (primary N) is 1. The van der Waals surface area contributed by atoms with Crippen molar-refractivity contribution in [2.24, 2.45) is 5.73 Å². The lowest BCUT2D eigenvalue weighted by Crippen LogP contribution is -2.20. The van der Waals surface area contributed by atoms with Crippen LogP contribution in [0, 0.1) is 6.92 Å². The lowest BCUT2D eigenvalue weighted by molar-refractivity contribution is 0.0780. The van der Waals surface area contributed by atoms with E-state index < -0.39 is 0 Å². The van der Waals surface area contributed by atoms with E-state index in [1.54, 1.807) is 0 Å². The molecule has 0 unspecified atom stereocenters. The molecule has 116 valence electrons. The minimum Gasteiger partial charge on any atom is -0.374 e. The molecule has 1 aromatic rings. The number of methoxy groups -OCH3 is 1. The van der Waals surface area contributed by atoms with E-state index in [0.717, 1.165) is 12.6 Å². The zero-order valence-electron chi connectivity index (χ0n) is 13.3. The quantitative estimate of drug-likeness (QED) is 0.875. The van der Waals surface area contributed by atoms with Gasteiger partial charge in [-0.3, -0.25) is 0 Å². The van der Waals surface area contributed by atoms with Gasteiger partial charge in [-0.1, -0.05) is 23.8 Å². The number of benzene rings is 1. The van der Waals surface area contributed by atoms with E-state index in [9.17, 15) is 0 Å². The molecule has 0 heterocycles. The molecule has 3 saturated carbocycles. The van der Waals surface area contributed by atoms with Crippen molar-refractivity contribution in [3.8, 4) is 0 Å². The molecule has 3 N–H and O–H groups in total. The van der Waals surface area contributed by atoms with Gasteiger partial charge in [0.1, 0.15) is 0 Å². The minimum atomic E-state index is 0.0360. The molecule has 3 aliphatic rings. The number of nitrogens with one attached hydrogen (secondary N) is 1. The zero-order valence-corrected chi connectivity index (χ0v) is 13.3. The van der Waals surface area contributed by atoms with Gasteiger partial charge in [-0.15, -0.1) is 0 Å². The lowest BCUT2D eigenvalue weighted by Gasteiger charge is -2.19. The number of hydrogen-bond donors (Lipinski definition) is 2. The maximum atomic E-state index is 5.71. The van der Waals surface area contributed by atoms with Crippen LogP contribution in [-0.2, 0) is 16.9 Å². The van der Waals surface area contributed by atoms with E-state index >= 15 is 0 Å². The van der Waals surface area contributed by atoms with Gasteiger partial charge in [-0.05, 0) is 56.6 Å². The van der Waals surface area contributed by atoms with Crippen molar-refractivity contribution < 1.29 is 4.74 Å². The second-order valence-electron chi connectivity index (χ2n) is 6.85. The molecule has 3 fully saturated rings. The van der Waals surface area contributed by atoms with Crippen molar-refractivity contribution in [3.05, 3.63) is 34.9 Å². The van der Waals surface area contributed by atoms with E-state index in [2.05, 4.69) is 30.4 Å². The van der Waals surface area contributed by atoms with E-state index in [1.165, 1.54) is 55.2 Å². The maximum absolute atomic E-state index is 5.71. The second-order valence-corrected chi connectivity index (χ2v) is 6.85. The van der Waals surface area contributed by atoms with Gasteiger partial charge in [-0.2, -0.15) is 0 Å². The normalized spacial score (nSPS) is 22.4. The van der Waals surface area contributed by atoms with Gasteiger partial charge >= 0.3 is 0 Å². The van der Waals surface area contributed by atoms with Crippen LogP contribution in [0.2, 0.25) is 0 Å². The molecule has 0 radical (unpaired) electrons. The third-order valence-corrected chi connectivity index (χ3v) is 4.63. The van der Waals surface area contributed by atoms with Gasteiger partial charge in [0.2, 0.25) is 0 Å². The van der Waals surface area contributed by atoms with Crippen LogP contribution in [0.5, 0.6) is 0 Å². The summed E-state index contributed by atoms with van der Waals surface area (Å²) in [5.41, 5.74) is 9.43. The van der Waals surface area contributed by atoms with Gasteiger partial charge in [-0.25, -0.2) is 0 Å². The van der Waals surface area contributed by atoms with Gasteiger partial charge in [0.25, 0.3) is 0 Å². The average molecular weight is 288 g/mol. The van der Waals surface area contributed by atoms with Crippen LogP contribution in [0.15, 0.2) is 18.2 Å². The Labute approximate surface area is 128 Å². The summed E-state index contributed by atoms with van der Waals surface area (Å²) in [5, 5.41) is 3.61. The topological polar surface area (TPSA) is 47.3 Å². The van der Waals surface area contributed by atoms with Crippen molar-refractivity contribution in [1.82, 2.24) is 5.32 Å². The summed E-state index contributed by atoms with van der Waals surface area (Å²) in [6, 6.07) is 8.12. The Morgan fingerprint density at radius 3 is 2.38 bits per heavy atom. The Balaban J connectivity index is 0.000000287. The molecule has 3 nitrogen and oxygen atoms in total. The Hall–Kier alpha value is -0.900. The number of aryl methyl sites for hydroxylation is 1. The molecule has 0 amide bonds. The Kier molecular flexibility index (Phi) is 4.34. The van der Waals surface area contributed by atoms with E-state index in [0.29, 0.717) is 6.04 Å². The number of ether oxygens (including phenoxy) is 1. The summed E-state index contributed by atoms with van der Waals surface area (Å²) >= 11 is 0. The molecule has 0 atom stereocenters. The van der Waals surface area contributed by atoms with E-state index in [1.807, 2.05) is 7.11 Å². The summed E-state index contributed by atoms with van der Waals surface area (Å²) < 4.78 is 5.71. The summed E-state index contributed by atoms with van der Waals surface area (Å²) in [4.78, 5) is 0. The first kappa shape index (κ1) is 15.0. The van der Waals surface area contributed by atoms with Crippen LogP contribution in [-0.4, -0.2) is 19.2 Å². The monoisotopic (exact) mass is 288 g/mol. The second kappa shape index (κ2) is 6.07.